The molecule has 3 heteroatoms. The van der Waals surface area contributed by atoms with Gasteiger partial charge in [0.25, 0.3) is 0 Å². The minimum Gasteiger partial charge on any atom is -0.462 e. The van der Waals surface area contributed by atoms with E-state index in [1.54, 1.807) is 13.0 Å². The van der Waals surface area contributed by atoms with Gasteiger partial charge in [0.15, 0.2) is 5.78 Å². The number of hydrogen-bond donors (Lipinski definition) is 0. The summed E-state index contributed by atoms with van der Waals surface area (Å²) in [6, 6.07) is 22.6. The number of ketones is 1. The van der Waals surface area contributed by atoms with Gasteiger partial charge in [-0.05, 0) is 61.4 Å². The van der Waals surface area contributed by atoms with Gasteiger partial charge in [-0.1, -0.05) is 72.5 Å². The van der Waals surface area contributed by atoms with E-state index in [0.717, 1.165) is 16.2 Å². The Morgan fingerprint density at radius 1 is 0.758 bits per heavy atom. The zero-order chi connectivity index (χ0) is 23.6. The minimum absolute atomic E-state index is 0.206. The Bertz CT molecular complexity index is 1440. The molecule has 0 amide bonds. The maximum absolute atomic E-state index is 14.1. The summed E-state index contributed by atoms with van der Waals surface area (Å²) in [7, 11) is 0. The monoisotopic (exact) mass is 434 g/mol. The lowest BCUT2D eigenvalue weighted by atomic mass is 9.86. The number of hydrogen-bond acceptors (Lipinski definition) is 3. The second-order valence-corrected chi connectivity index (χ2v) is 8.94. The summed E-state index contributed by atoms with van der Waals surface area (Å²) in [6.07, 6.45) is 0. The Morgan fingerprint density at radius 2 is 1.27 bits per heavy atom. The molecule has 33 heavy (non-hydrogen) atoms. The minimum atomic E-state index is -0.499. The molecule has 164 valence electrons. The molecule has 3 nitrogen and oxygen atoms in total. The van der Waals surface area contributed by atoms with E-state index < -0.39 is 5.97 Å². The predicted octanol–water partition coefficient (Wildman–Crippen LogP) is 6.80. The largest absolute Gasteiger partial charge is 0.462 e. The summed E-state index contributed by atoms with van der Waals surface area (Å²) < 4.78 is 5.41. The summed E-state index contributed by atoms with van der Waals surface area (Å²) in [5.74, 6) is 5.66. The Morgan fingerprint density at radius 3 is 1.85 bits per heavy atom. The Balaban J connectivity index is 2.07. The van der Waals surface area contributed by atoms with Crippen molar-refractivity contribution in [3.05, 3.63) is 95.1 Å². The summed E-state index contributed by atoms with van der Waals surface area (Å²) in [5, 5.41) is 3.26. The average molecular weight is 435 g/mol. The molecule has 0 saturated heterocycles. The predicted molar refractivity (Wildman–Crippen MR) is 134 cm³/mol. The topological polar surface area (TPSA) is 43.4 Å². The summed E-state index contributed by atoms with van der Waals surface area (Å²) in [6.45, 7) is 8.07. The van der Waals surface area contributed by atoms with Crippen LogP contribution in [0, 0.1) is 17.3 Å². The van der Waals surface area contributed by atoms with Crippen molar-refractivity contribution in [2.24, 2.45) is 5.41 Å². The summed E-state index contributed by atoms with van der Waals surface area (Å²) in [4.78, 5) is 27.3. The first-order valence-corrected chi connectivity index (χ1v) is 11.1. The average Bonchev–Trinajstić information content (AvgIpc) is 2.81. The van der Waals surface area contributed by atoms with Crippen molar-refractivity contribution in [2.75, 3.05) is 6.61 Å². The van der Waals surface area contributed by atoms with E-state index in [1.807, 2.05) is 87.5 Å². The first-order chi connectivity index (χ1) is 15.8. The molecule has 0 N–H and O–H groups in total. The van der Waals surface area contributed by atoms with E-state index in [4.69, 9.17) is 4.74 Å². The fraction of sp³-hybridized carbons (Fsp3) is 0.200. The first-order valence-electron chi connectivity index (χ1n) is 11.1. The van der Waals surface area contributed by atoms with Crippen LogP contribution in [-0.2, 0) is 4.74 Å². The molecule has 4 aromatic rings. The van der Waals surface area contributed by atoms with Crippen molar-refractivity contribution in [2.45, 2.75) is 27.7 Å². The van der Waals surface area contributed by atoms with Crippen LogP contribution in [0.15, 0.2) is 72.8 Å². The summed E-state index contributed by atoms with van der Waals surface area (Å²) >= 11 is 0. The van der Waals surface area contributed by atoms with Crippen LogP contribution in [0.4, 0.5) is 0 Å². The van der Waals surface area contributed by atoms with Gasteiger partial charge in [0, 0.05) is 22.1 Å². The van der Waals surface area contributed by atoms with E-state index in [9.17, 15) is 9.59 Å². The van der Waals surface area contributed by atoms with Crippen molar-refractivity contribution in [3.63, 3.8) is 0 Å². The van der Waals surface area contributed by atoms with E-state index in [-0.39, 0.29) is 17.8 Å². The Hall–Kier alpha value is -3.90. The quantitative estimate of drug-likeness (QED) is 0.154. The number of carbonyl (C=O) groups excluding carboxylic acids is 2. The highest BCUT2D eigenvalue weighted by molar-refractivity contribution is 6.29. The van der Waals surface area contributed by atoms with Gasteiger partial charge in [-0.15, -0.1) is 0 Å². The van der Waals surface area contributed by atoms with Gasteiger partial charge in [0.2, 0.25) is 0 Å². The van der Waals surface area contributed by atoms with Crippen LogP contribution in [0.5, 0.6) is 0 Å². The Labute approximate surface area is 194 Å². The van der Waals surface area contributed by atoms with E-state index in [2.05, 4.69) is 11.8 Å². The maximum atomic E-state index is 14.1. The lowest BCUT2D eigenvalue weighted by Gasteiger charge is -2.16. The fourth-order valence-corrected chi connectivity index (χ4v) is 3.97. The normalized spacial score (nSPS) is 11.2. The highest BCUT2D eigenvalue weighted by atomic mass is 16.5. The summed E-state index contributed by atoms with van der Waals surface area (Å²) in [5.41, 5.74) is 1.56. The third kappa shape index (κ3) is 4.38. The molecular weight excluding hydrogens is 408 g/mol. The molecule has 0 saturated carbocycles. The molecule has 0 radical (unpaired) electrons. The van der Waals surface area contributed by atoms with Crippen molar-refractivity contribution in [3.8, 4) is 11.8 Å². The van der Waals surface area contributed by atoms with E-state index in [1.165, 1.54) is 0 Å². The first kappa shape index (κ1) is 22.3. The third-order valence-electron chi connectivity index (χ3n) is 5.38. The molecule has 4 aromatic carbocycles. The lowest BCUT2D eigenvalue weighted by Crippen LogP contribution is -2.15. The number of carbonyl (C=O) groups is 2. The highest BCUT2D eigenvalue weighted by Gasteiger charge is 2.27. The molecule has 0 heterocycles. The number of esters is 1. The molecule has 0 bridgehead atoms. The molecule has 0 aliphatic carbocycles. The smallest absolute Gasteiger partial charge is 0.339 e. The molecule has 0 unspecified atom stereocenters. The molecule has 0 aliphatic heterocycles. The Kier molecular flexibility index (Phi) is 6.03. The standard InChI is InChI=1S/C30H26O3/c1-5-33-29(32)27-25-17-11-9-15-23(25)22-14-8-10-16-24(22)26(27)28(31)21-13-7-6-12-20(21)18-19-30(2,3)4/h6-17H,5H2,1-4H3. The fourth-order valence-electron chi connectivity index (χ4n) is 3.97. The van der Waals surface area contributed by atoms with Gasteiger partial charge in [-0.3, -0.25) is 4.79 Å². The second-order valence-electron chi connectivity index (χ2n) is 8.94. The molecule has 0 aliphatic rings. The van der Waals surface area contributed by atoms with Crippen LogP contribution in [0.2, 0.25) is 0 Å². The number of benzene rings is 4. The molecule has 4 rings (SSSR count). The van der Waals surface area contributed by atoms with Crippen LogP contribution in [-0.4, -0.2) is 18.4 Å². The van der Waals surface area contributed by atoms with Crippen LogP contribution in [0.25, 0.3) is 21.5 Å². The van der Waals surface area contributed by atoms with E-state index in [0.29, 0.717) is 27.6 Å². The van der Waals surface area contributed by atoms with Gasteiger partial charge < -0.3 is 4.74 Å². The maximum Gasteiger partial charge on any atom is 0.339 e. The molecule has 0 fully saturated rings. The van der Waals surface area contributed by atoms with Gasteiger partial charge in [0.1, 0.15) is 0 Å². The van der Waals surface area contributed by atoms with Crippen molar-refractivity contribution in [1.82, 2.24) is 0 Å². The zero-order valence-corrected chi connectivity index (χ0v) is 19.4. The molecule has 0 aromatic heterocycles. The van der Waals surface area contributed by atoms with Crippen LogP contribution in [0.1, 0.15) is 59.5 Å². The molecule has 0 spiro atoms. The van der Waals surface area contributed by atoms with E-state index >= 15 is 0 Å². The van der Waals surface area contributed by atoms with Gasteiger partial charge in [-0.25, -0.2) is 4.79 Å². The van der Waals surface area contributed by atoms with Crippen molar-refractivity contribution in [1.29, 1.82) is 0 Å². The lowest BCUT2D eigenvalue weighted by molar-refractivity contribution is 0.0526. The number of fused-ring (bicyclic) bond motifs is 3. The third-order valence-corrected chi connectivity index (χ3v) is 5.38. The van der Waals surface area contributed by atoms with Gasteiger partial charge >= 0.3 is 5.97 Å². The number of rotatable bonds is 4. The van der Waals surface area contributed by atoms with Gasteiger partial charge in [-0.2, -0.15) is 0 Å². The van der Waals surface area contributed by atoms with Crippen molar-refractivity contribution < 1.29 is 14.3 Å². The van der Waals surface area contributed by atoms with Crippen LogP contribution < -0.4 is 0 Å². The van der Waals surface area contributed by atoms with Gasteiger partial charge in [0.05, 0.1) is 12.2 Å². The molecular formula is C30H26O3. The molecule has 0 atom stereocenters. The van der Waals surface area contributed by atoms with Crippen molar-refractivity contribution >= 4 is 33.3 Å². The second kappa shape index (κ2) is 8.92. The highest BCUT2D eigenvalue weighted by Crippen LogP contribution is 2.35. The number of ether oxygens (including phenoxy) is 1. The van der Waals surface area contributed by atoms with Crippen LogP contribution in [0.3, 0.4) is 0 Å². The zero-order valence-electron chi connectivity index (χ0n) is 19.4. The van der Waals surface area contributed by atoms with Crippen LogP contribution >= 0.6 is 0 Å². The SMILES string of the molecule is CCOC(=O)c1c(C(=O)c2ccccc2C#CC(C)(C)C)c2ccccc2c2ccccc12.